The highest BCUT2D eigenvalue weighted by molar-refractivity contribution is 5.98. The number of pyridine rings is 1. The third-order valence-electron chi connectivity index (χ3n) is 3.14. The maximum atomic E-state index is 13.1. The van der Waals surface area contributed by atoms with Crippen molar-refractivity contribution in [1.82, 2.24) is 10.3 Å². The molecule has 1 aliphatic rings. The minimum absolute atomic E-state index is 0.00361. The lowest BCUT2D eigenvalue weighted by Gasteiger charge is -2.12. The van der Waals surface area contributed by atoms with E-state index >= 15 is 0 Å². The maximum absolute atomic E-state index is 13.1. The van der Waals surface area contributed by atoms with Crippen LogP contribution in [0.25, 0.3) is 0 Å². The number of hydrogen-bond donors (Lipinski definition) is 2. The number of nitrogens with one attached hydrogen (secondary N) is 1. The van der Waals surface area contributed by atoms with Gasteiger partial charge in [0, 0.05) is 5.56 Å². The molecule has 3 rings (SSSR count). The van der Waals surface area contributed by atoms with Crippen LogP contribution < -0.4 is 15.8 Å². The predicted molar refractivity (Wildman–Crippen MR) is 70.8 cm³/mol. The average Bonchev–Trinajstić information content (AvgIpc) is 2.85. The zero-order valence-electron chi connectivity index (χ0n) is 10.5. The Hall–Kier alpha value is -2.63. The van der Waals surface area contributed by atoms with Gasteiger partial charge < -0.3 is 15.8 Å². The molecule has 0 aliphatic carbocycles. The van der Waals surface area contributed by atoms with E-state index in [1.807, 2.05) is 24.3 Å². The lowest BCUT2D eigenvalue weighted by atomic mass is 10.1. The first kappa shape index (κ1) is 12.4. The zero-order chi connectivity index (χ0) is 14.1. The Balaban J connectivity index is 1.82. The Morgan fingerprint density at radius 1 is 1.45 bits per heavy atom. The van der Waals surface area contributed by atoms with Gasteiger partial charge in [0.1, 0.15) is 24.0 Å². The molecule has 2 aromatic rings. The number of carbonyl (C=O) groups excluding carboxylic acids is 1. The monoisotopic (exact) mass is 273 g/mol. The molecule has 0 bridgehead atoms. The summed E-state index contributed by atoms with van der Waals surface area (Å²) in [6.45, 7) is 0.341. The number of nitrogens with two attached hydrogens (primary N) is 1. The molecular weight excluding hydrogens is 261 g/mol. The van der Waals surface area contributed by atoms with Crippen LogP contribution >= 0.6 is 0 Å². The average molecular weight is 273 g/mol. The molecule has 0 radical (unpaired) electrons. The highest BCUT2D eigenvalue weighted by Crippen LogP contribution is 2.31. The maximum Gasteiger partial charge on any atom is 0.255 e. The summed E-state index contributed by atoms with van der Waals surface area (Å²) >= 11 is 0. The predicted octanol–water partition coefficient (Wildman–Crippen LogP) is 1.67. The molecule has 0 fully saturated rings. The minimum Gasteiger partial charge on any atom is -0.491 e. The van der Waals surface area contributed by atoms with Crippen LogP contribution in [0.1, 0.15) is 22.0 Å². The molecule has 1 aliphatic heterocycles. The van der Waals surface area contributed by atoms with Crippen molar-refractivity contribution in [1.29, 1.82) is 0 Å². The Kier molecular flexibility index (Phi) is 2.98. The summed E-state index contributed by atoms with van der Waals surface area (Å²) in [6, 6.07) is 8.23. The summed E-state index contributed by atoms with van der Waals surface area (Å²) < 4.78 is 18.6. The van der Waals surface area contributed by atoms with E-state index in [9.17, 15) is 9.18 Å². The highest BCUT2D eigenvalue weighted by Gasteiger charge is 2.26. The van der Waals surface area contributed by atoms with Crippen LogP contribution in [0.5, 0.6) is 5.75 Å². The molecule has 2 heterocycles. The number of fused-ring (bicyclic) bond motifs is 1. The summed E-state index contributed by atoms with van der Waals surface area (Å²) in [5, 5.41) is 2.77. The molecule has 5 nitrogen and oxygen atoms in total. The van der Waals surface area contributed by atoms with Gasteiger partial charge in [0.15, 0.2) is 0 Å². The minimum atomic E-state index is -0.604. The van der Waals surface area contributed by atoms with E-state index in [1.54, 1.807) is 0 Å². The molecule has 1 unspecified atom stereocenters. The van der Waals surface area contributed by atoms with Crippen molar-refractivity contribution >= 4 is 11.7 Å². The number of nitrogen functional groups attached to an aromatic ring is 1. The molecule has 1 aromatic heterocycles. The summed E-state index contributed by atoms with van der Waals surface area (Å²) in [5.74, 6) is -0.341. The van der Waals surface area contributed by atoms with Gasteiger partial charge in [-0.2, -0.15) is 0 Å². The molecule has 102 valence electrons. The molecule has 0 saturated carbocycles. The van der Waals surface area contributed by atoms with E-state index < -0.39 is 11.7 Å². The third-order valence-corrected chi connectivity index (χ3v) is 3.14. The lowest BCUT2D eigenvalue weighted by Crippen LogP contribution is -2.30. The number of aromatic nitrogens is 1. The topological polar surface area (TPSA) is 77.2 Å². The van der Waals surface area contributed by atoms with Gasteiger partial charge >= 0.3 is 0 Å². The largest absolute Gasteiger partial charge is 0.491 e. The SMILES string of the molecule is Nc1ncc(F)cc1C(=O)NC1COc2ccccc21. The van der Waals surface area contributed by atoms with Gasteiger partial charge in [-0.1, -0.05) is 18.2 Å². The molecule has 3 N–H and O–H groups in total. The number of anilines is 1. The van der Waals surface area contributed by atoms with Crippen LogP contribution in [0.3, 0.4) is 0 Å². The van der Waals surface area contributed by atoms with Crippen molar-refractivity contribution in [2.75, 3.05) is 12.3 Å². The van der Waals surface area contributed by atoms with E-state index in [4.69, 9.17) is 10.5 Å². The number of nitrogens with zero attached hydrogens (tertiary/aromatic N) is 1. The van der Waals surface area contributed by atoms with Crippen LogP contribution in [-0.4, -0.2) is 17.5 Å². The smallest absolute Gasteiger partial charge is 0.255 e. The quantitative estimate of drug-likeness (QED) is 0.872. The summed E-state index contributed by atoms with van der Waals surface area (Å²) in [6.07, 6.45) is 0.972. The fourth-order valence-electron chi connectivity index (χ4n) is 2.15. The molecule has 0 spiro atoms. The number of halogens is 1. The Morgan fingerprint density at radius 2 is 2.25 bits per heavy atom. The van der Waals surface area contributed by atoms with Gasteiger partial charge in [-0.05, 0) is 12.1 Å². The molecule has 1 atom stereocenters. The number of benzene rings is 1. The van der Waals surface area contributed by atoms with Crippen LogP contribution in [0.15, 0.2) is 36.5 Å². The number of amides is 1. The molecular formula is C14H12FN3O2. The van der Waals surface area contributed by atoms with Crippen molar-refractivity contribution in [3.8, 4) is 5.75 Å². The molecule has 1 amide bonds. The van der Waals surface area contributed by atoms with Gasteiger partial charge in [0.05, 0.1) is 17.8 Å². The van der Waals surface area contributed by atoms with Crippen molar-refractivity contribution < 1.29 is 13.9 Å². The van der Waals surface area contributed by atoms with Gasteiger partial charge in [0.2, 0.25) is 0 Å². The first-order valence-electron chi connectivity index (χ1n) is 6.09. The Labute approximate surface area is 114 Å². The van der Waals surface area contributed by atoms with E-state index in [0.717, 1.165) is 23.6 Å². The van der Waals surface area contributed by atoms with Crippen LogP contribution in [0.2, 0.25) is 0 Å². The first-order valence-corrected chi connectivity index (χ1v) is 6.09. The molecule has 1 aromatic carbocycles. The zero-order valence-corrected chi connectivity index (χ0v) is 10.5. The van der Waals surface area contributed by atoms with Gasteiger partial charge in [-0.15, -0.1) is 0 Å². The van der Waals surface area contributed by atoms with E-state index in [1.165, 1.54) is 0 Å². The van der Waals surface area contributed by atoms with Crippen LogP contribution in [0, 0.1) is 5.82 Å². The van der Waals surface area contributed by atoms with Gasteiger partial charge in [-0.25, -0.2) is 9.37 Å². The fraction of sp³-hybridized carbons (Fsp3) is 0.143. The second kappa shape index (κ2) is 4.80. The number of rotatable bonds is 2. The van der Waals surface area contributed by atoms with Crippen LogP contribution in [-0.2, 0) is 0 Å². The number of carbonyl (C=O) groups is 1. The second-order valence-electron chi connectivity index (χ2n) is 4.46. The van der Waals surface area contributed by atoms with Gasteiger partial charge in [-0.3, -0.25) is 4.79 Å². The lowest BCUT2D eigenvalue weighted by molar-refractivity contribution is 0.0930. The highest BCUT2D eigenvalue weighted by atomic mass is 19.1. The number of ether oxygens (including phenoxy) is 1. The second-order valence-corrected chi connectivity index (χ2v) is 4.46. The summed E-state index contributed by atoms with van der Waals surface area (Å²) in [4.78, 5) is 15.8. The molecule has 0 saturated heterocycles. The van der Waals surface area contributed by atoms with Crippen molar-refractivity contribution in [2.45, 2.75) is 6.04 Å². The van der Waals surface area contributed by atoms with E-state index in [2.05, 4.69) is 10.3 Å². The van der Waals surface area contributed by atoms with Crippen molar-refractivity contribution in [3.63, 3.8) is 0 Å². The number of hydrogen-bond acceptors (Lipinski definition) is 4. The molecule has 6 heteroatoms. The molecule has 20 heavy (non-hydrogen) atoms. The fourth-order valence-corrected chi connectivity index (χ4v) is 2.15. The first-order chi connectivity index (χ1) is 9.65. The number of para-hydroxylation sites is 1. The normalized spacial score (nSPS) is 16.4. The Bertz CT molecular complexity index is 675. The van der Waals surface area contributed by atoms with E-state index in [0.29, 0.717) is 6.61 Å². The van der Waals surface area contributed by atoms with Crippen LogP contribution in [0.4, 0.5) is 10.2 Å². The summed E-state index contributed by atoms with van der Waals surface area (Å²) in [5.41, 5.74) is 6.50. The third kappa shape index (κ3) is 2.16. The van der Waals surface area contributed by atoms with E-state index in [-0.39, 0.29) is 17.4 Å². The standard InChI is InChI=1S/C14H12FN3O2/c15-8-5-10(13(16)17-6-8)14(19)18-11-7-20-12-4-2-1-3-9(11)12/h1-6,11H,7H2,(H2,16,17)(H,18,19). The van der Waals surface area contributed by atoms with Crippen molar-refractivity contribution in [3.05, 3.63) is 53.5 Å². The van der Waals surface area contributed by atoms with Crippen molar-refractivity contribution in [2.24, 2.45) is 0 Å². The Morgan fingerprint density at radius 3 is 3.10 bits per heavy atom. The van der Waals surface area contributed by atoms with Gasteiger partial charge in [0.25, 0.3) is 5.91 Å². The summed E-state index contributed by atoms with van der Waals surface area (Å²) in [7, 11) is 0.